The predicted octanol–water partition coefficient (Wildman–Crippen LogP) is 0.179. The van der Waals surface area contributed by atoms with Gasteiger partial charge in [-0.1, -0.05) is 0 Å². The van der Waals surface area contributed by atoms with E-state index in [9.17, 15) is 4.79 Å². The van der Waals surface area contributed by atoms with Gasteiger partial charge in [0.1, 0.15) is 5.82 Å². The van der Waals surface area contributed by atoms with Crippen LogP contribution in [0.2, 0.25) is 0 Å². The van der Waals surface area contributed by atoms with Crippen LogP contribution >= 0.6 is 0 Å². The molecule has 0 radical (unpaired) electrons. The second-order valence-electron chi connectivity index (χ2n) is 4.70. The van der Waals surface area contributed by atoms with Gasteiger partial charge in [-0.3, -0.25) is 0 Å². The Morgan fingerprint density at radius 2 is 2.05 bits per heavy atom. The van der Waals surface area contributed by atoms with Crippen molar-refractivity contribution in [2.24, 2.45) is 0 Å². The molecule has 1 N–H and O–H groups in total. The minimum absolute atomic E-state index is 0.0573. The third-order valence-electron chi connectivity index (χ3n) is 3.39. The maximum absolute atomic E-state index is 11.1. The SMILES string of the molecule is CN1CCN(c2cc(C(=O)O)nc3ccnn23)CC1. The molecule has 2 aromatic heterocycles. The van der Waals surface area contributed by atoms with Crippen LogP contribution in [0.25, 0.3) is 5.65 Å². The molecule has 0 amide bonds. The summed E-state index contributed by atoms with van der Waals surface area (Å²) >= 11 is 0. The number of carboxylic acids is 1. The molecule has 2 aromatic rings. The van der Waals surface area contributed by atoms with Crippen molar-refractivity contribution in [3.05, 3.63) is 24.0 Å². The third kappa shape index (κ3) is 2.12. The van der Waals surface area contributed by atoms with Crippen LogP contribution in [-0.4, -0.2) is 63.8 Å². The van der Waals surface area contributed by atoms with Gasteiger partial charge in [-0.25, -0.2) is 9.78 Å². The molecule has 1 fully saturated rings. The molecule has 1 aliphatic heterocycles. The molecule has 7 nitrogen and oxygen atoms in total. The van der Waals surface area contributed by atoms with E-state index in [-0.39, 0.29) is 5.69 Å². The number of hydrogen-bond donors (Lipinski definition) is 1. The van der Waals surface area contributed by atoms with Crippen LogP contribution < -0.4 is 4.90 Å². The average molecular weight is 261 g/mol. The number of anilines is 1. The van der Waals surface area contributed by atoms with Crippen molar-refractivity contribution < 1.29 is 9.90 Å². The molecule has 7 heteroatoms. The summed E-state index contributed by atoms with van der Waals surface area (Å²) in [5.74, 6) is -0.223. The van der Waals surface area contributed by atoms with E-state index >= 15 is 0 Å². The van der Waals surface area contributed by atoms with Crippen molar-refractivity contribution in [1.82, 2.24) is 19.5 Å². The molecule has 0 unspecified atom stereocenters. The molecule has 0 aromatic carbocycles. The van der Waals surface area contributed by atoms with Gasteiger partial charge >= 0.3 is 5.97 Å². The summed E-state index contributed by atoms with van der Waals surface area (Å²) in [5.41, 5.74) is 0.621. The molecule has 19 heavy (non-hydrogen) atoms. The maximum atomic E-state index is 11.1. The van der Waals surface area contributed by atoms with Crippen molar-refractivity contribution in [2.45, 2.75) is 0 Å². The van der Waals surface area contributed by atoms with Crippen LogP contribution in [0.4, 0.5) is 5.82 Å². The number of fused-ring (bicyclic) bond motifs is 1. The molecule has 1 aliphatic rings. The van der Waals surface area contributed by atoms with E-state index < -0.39 is 5.97 Å². The highest BCUT2D eigenvalue weighted by molar-refractivity contribution is 5.87. The first-order chi connectivity index (χ1) is 9.15. The molecule has 0 aliphatic carbocycles. The van der Waals surface area contributed by atoms with Gasteiger partial charge < -0.3 is 14.9 Å². The third-order valence-corrected chi connectivity index (χ3v) is 3.39. The second kappa shape index (κ2) is 4.51. The summed E-state index contributed by atoms with van der Waals surface area (Å²) in [7, 11) is 2.08. The van der Waals surface area contributed by atoms with Gasteiger partial charge in [-0.2, -0.15) is 9.61 Å². The number of aromatic carboxylic acids is 1. The van der Waals surface area contributed by atoms with Crippen LogP contribution in [-0.2, 0) is 0 Å². The van der Waals surface area contributed by atoms with Gasteiger partial charge in [-0.05, 0) is 7.05 Å². The molecule has 3 rings (SSSR count). The van der Waals surface area contributed by atoms with Crippen molar-refractivity contribution in [1.29, 1.82) is 0 Å². The largest absolute Gasteiger partial charge is 0.477 e. The molecule has 0 atom stereocenters. The van der Waals surface area contributed by atoms with Crippen molar-refractivity contribution in [2.75, 3.05) is 38.1 Å². The number of carbonyl (C=O) groups is 1. The Bertz CT molecular complexity index is 616. The van der Waals surface area contributed by atoms with E-state index in [1.54, 1.807) is 22.8 Å². The Labute approximate surface area is 110 Å². The zero-order valence-electron chi connectivity index (χ0n) is 10.7. The van der Waals surface area contributed by atoms with Gasteiger partial charge in [0, 0.05) is 38.3 Å². The topological polar surface area (TPSA) is 74.0 Å². The van der Waals surface area contributed by atoms with E-state index in [1.807, 2.05) is 0 Å². The first-order valence-corrected chi connectivity index (χ1v) is 6.17. The zero-order valence-corrected chi connectivity index (χ0v) is 10.7. The van der Waals surface area contributed by atoms with Crippen LogP contribution in [0.5, 0.6) is 0 Å². The molecule has 1 saturated heterocycles. The number of nitrogens with zero attached hydrogens (tertiary/aromatic N) is 5. The Kier molecular flexibility index (Phi) is 2.83. The van der Waals surface area contributed by atoms with Crippen LogP contribution in [0, 0.1) is 0 Å². The van der Waals surface area contributed by atoms with Gasteiger partial charge in [0.15, 0.2) is 11.3 Å². The molecule has 3 heterocycles. The van der Waals surface area contributed by atoms with Gasteiger partial charge in [0.2, 0.25) is 0 Å². The number of carboxylic acid groups (broad SMARTS) is 1. The molecule has 0 bridgehead atoms. The Balaban J connectivity index is 2.05. The van der Waals surface area contributed by atoms with Crippen molar-refractivity contribution >= 4 is 17.4 Å². The summed E-state index contributed by atoms with van der Waals surface area (Å²) in [4.78, 5) is 19.6. The minimum Gasteiger partial charge on any atom is -0.477 e. The lowest BCUT2D eigenvalue weighted by atomic mass is 10.3. The fourth-order valence-electron chi connectivity index (χ4n) is 2.27. The van der Waals surface area contributed by atoms with Crippen molar-refractivity contribution in [3.63, 3.8) is 0 Å². The quantitative estimate of drug-likeness (QED) is 0.831. The summed E-state index contributed by atoms with van der Waals surface area (Å²) in [6.45, 7) is 3.62. The molecule has 0 saturated carbocycles. The van der Waals surface area contributed by atoms with Crippen LogP contribution in [0.1, 0.15) is 10.5 Å². The predicted molar refractivity (Wildman–Crippen MR) is 69.7 cm³/mol. The lowest BCUT2D eigenvalue weighted by Crippen LogP contribution is -2.45. The lowest BCUT2D eigenvalue weighted by Gasteiger charge is -2.33. The number of likely N-dealkylation sites (N-methyl/N-ethyl adjacent to an activating group) is 1. The van der Waals surface area contributed by atoms with Crippen LogP contribution in [0.15, 0.2) is 18.3 Å². The zero-order chi connectivity index (χ0) is 13.4. The number of rotatable bonds is 2. The average Bonchev–Trinajstić information content (AvgIpc) is 2.86. The van der Waals surface area contributed by atoms with Crippen molar-refractivity contribution in [3.8, 4) is 0 Å². The highest BCUT2D eigenvalue weighted by Crippen LogP contribution is 2.18. The number of aromatic nitrogens is 3. The summed E-state index contributed by atoms with van der Waals surface area (Å²) in [6, 6.07) is 3.31. The normalized spacial score (nSPS) is 17.0. The van der Waals surface area contributed by atoms with E-state index in [1.165, 1.54) is 0 Å². The maximum Gasteiger partial charge on any atom is 0.354 e. The second-order valence-corrected chi connectivity index (χ2v) is 4.70. The summed E-state index contributed by atoms with van der Waals surface area (Å²) in [6.07, 6.45) is 1.63. The number of hydrogen-bond acceptors (Lipinski definition) is 5. The van der Waals surface area contributed by atoms with Gasteiger partial charge in [0.25, 0.3) is 0 Å². The first-order valence-electron chi connectivity index (χ1n) is 6.17. The fraction of sp³-hybridized carbons (Fsp3) is 0.417. The monoisotopic (exact) mass is 261 g/mol. The van der Waals surface area contributed by atoms with E-state index in [0.29, 0.717) is 5.65 Å². The van der Waals surface area contributed by atoms with E-state index in [2.05, 4.69) is 26.9 Å². The summed E-state index contributed by atoms with van der Waals surface area (Å²) < 4.78 is 1.69. The Morgan fingerprint density at radius 3 is 2.74 bits per heavy atom. The standard InChI is InChI=1S/C12H15N5O2/c1-15-4-6-16(7-5-15)11-8-9(12(18)19)14-10-2-3-13-17(10)11/h2-3,8H,4-7H2,1H3,(H,18,19). The van der Waals surface area contributed by atoms with Crippen LogP contribution in [0.3, 0.4) is 0 Å². The summed E-state index contributed by atoms with van der Waals surface area (Å²) in [5, 5.41) is 13.3. The Hall–Kier alpha value is -2.15. The van der Waals surface area contributed by atoms with E-state index in [4.69, 9.17) is 5.11 Å². The molecular formula is C12H15N5O2. The smallest absolute Gasteiger partial charge is 0.354 e. The van der Waals surface area contributed by atoms with E-state index in [0.717, 1.165) is 32.0 Å². The molecule has 0 spiro atoms. The highest BCUT2D eigenvalue weighted by Gasteiger charge is 2.19. The fourth-order valence-corrected chi connectivity index (χ4v) is 2.27. The highest BCUT2D eigenvalue weighted by atomic mass is 16.4. The number of piperazine rings is 1. The first kappa shape index (κ1) is 11.9. The van der Waals surface area contributed by atoms with Gasteiger partial charge in [-0.15, -0.1) is 0 Å². The van der Waals surface area contributed by atoms with Gasteiger partial charge in [0.05, 0.1) is 6.20 Å². The Morgan fingerprint density at radius 1 is 1.32 bits per heavy atom. The molecule has 100 valence electrons. The lowest BCUT2D eigenvalue weighted by molar-refractivity contribution is 0.0690. The molecular weight excluding hydrogens is 246 g/mol. The minimum atomic E-state index is -1.01.